The molecule has 3 nitrogen and oxygen atoms in total. The summed E-state index contributed by atoms with van der Waals surface area (Å²) in [6.07, 6.45) is 0. The first-order valence-electron chi connectivity index (χ1n) is 11.0. The molecule has 0 aromatic heterocycles. The zero-order valence-corrected chi connectivity index (χ0v) is 18.1. The maximum atomic E-state index is 14.1. The van der Waals surface area contributed by atoms with Gasteiger partial charge in [0, 0.05) is 5.56 Å². The van der Waals surface area contributed by atoms with E-state index in [1.165, 1.54) is 5.01 Å². The molecule has 0 bridgehead atoms. The van der Waals surface area contributed by atoms with Crippen molar-refractivity contribution in [2.24, 2.45) is 5.84 Å². The molecule has 0 unspecified atom stereocenters. The third-order valence-electron chi connectivity index (χ3n) is 6.17. The number of nitrogens with two attached hydrogens (primary N) is 1. The standard InChI is InChI=1S/C30H24N2O/c31-32(29(33)28-22-12-14-23-13-10-11-21-27(23)28)30(24-15-4-1-5-16-24,25-17-6-2-7-18-25)26-19-8-3-9-20-26/h1-22H,31H2. The topological polar surface area (TPSA) is 46.3 Å². The summed E-state index contributed by atoms with van der Waals surface area (Å²) >= 11 is 0. The monoisotopic (exact) mass is 428 g/mol. The van der Waals surface area contributed by atoms with Gasteiger partial charge in [-0.15, -0.1) is 0 Å². The van der Waals surface area contributed by atoms with Gasteiger partial charge in [-0.3, -0.25) is 9.80 Å². The lowest BCUT2D eigenvalue weighted by Crippen LogP contribution is -2.55. The Balaban J connectivity index is 1.80. The Hall–Kier alpha value is -4.21. The minimum Gasteiger partial charge on any atom is -0.268 e. The average Bonchev–Trinajstić information content (AvgIpc) is 2.90. The number of hydrogen-bond acceptors (Lipinski definition) is 2. The summed E-state index contributed by atoms with van der Waals surface area (Å²) in [7, 11) is 0. The van der Waals surface area contributed by atoms with Crippen LogP contribution in [0.2, 0.25) is 0 Å². The number of rotatable bonds is 5. The Kier molecular flexibility index (Phi) is 5.47. The van der Waals surface area contributed by atoms with Crippen LogP contribution in [0.15, 0.2) is 133 Å². The molecule has 0 saturated heterocycles. The largest absolute Gasteiger partial charge is 0.269 e. The minimum absolute atomic E-state index is 0.247. The summed E-state index contributed by atoms with van der Waals surface area (Å²) in [6, 6.07) is 43.6. The van der Waals surface area contributed by atoms with Crippen LogP contribution in [0.1, 0.15) is 27.0 Å². The summed E-state index contributed by atoms with van der Waals surface area (Å²) in [6.45, 7) is 0. The van der Waals surface area contributed by atoms with E-state index in [1.807, 2.05) is 133 Å². The molecule has 5 aromatic rings. The number of hydrazine groups is 1. The van der Waals surface area contributed by atoms with Crippen LogP contribution in [0.5, 0.6) is 0 Å². The van der Waals surface area contributed by atoms with Crippen LogP contribution in [0.3, 0.4) is 0 Å². The number of nitrogens with zero attached hydrogens (tertiary/aromatic N) is 1. The molecule has 0 aliphatic heterocycles. The second kappa shape index (κ2) is 8.73. The molecule has 33 heavy (non-hydrogen) atoms. The van der Waals surface area contributed by atoms with E-state index >= 15 is 0 Å². The predicted molar refractivity (Wildman–Crippen MR) is 134 cm³/mol. The van der Waals surface area contributed by atoms with Crippen molar-refractivity contribution in [1.29, 1.82) is 0 Å². The number of hydrogen-bond donors (Lipinski definition) is 1. The molecule has 2 N–H and O–H groups in total. The van der Waals surface area contributed by atoms with Gasteiger partial charge < -0.3 is 0 Å². The molecule has 0 heterocycles. The van der Waals surface area contributed by atoms with Gasteiger partial charge in [-0.05, 0) is 33.5 Å². The third kappa shape index (κ3) is 3.49. The summed E-state index contributed by atoms with van der Waals surface area (Å²) in [5, 5.41) is 3.28. The average molecular weight is 429 g/mol. The number of benzene rings is 5. The van der Waals surface area contributed by atoms with Gasteiger partial charge in [0.05, 0.1) is 0 Å². The van der Waals surface area contributed by atoms with E-state index in [0.717, 1.165) is 27.5 Å². The molecule has 0 aliphatic rings. The highest BCUT2D eigenvalue weighted by atomic mass is 16.2. The van der Waals surface area contributed by atoms with Gasteiger partial charge in [-0.2, -0.15) is 0 Å². The molecule has 160 valence electrons. The molecule has 5 rings (SSSR count). The van der Waals surface area contributed by atoms with Crippen LogP contribution in [0.4, 0.5) is 0 Å². The van der Waals surface area contributed by atoms with Gasteiger partial charge in [0.25, 0.3) is 5.91 Å². The molecule has 0 atom stereocenters. The van der Waals surface area contributed by atoms with E-state index in [4.69, 9.17) is 5.84 Å². The summed E-state index contributed by atoms with van der Waals surface area (Å²) in [5.41, 5.74) is 2.30. The van der Waals surface area contributed by atoms with Gasteiger partial charge >= 0.3 is 0 Å². The molecule has 3 heteroatoms. The number of amides is 1. The minimum atomic E-state index is -1.02. The van der Waals surface area contributed by atoms with E-state index in [9.17, 15) is 4.79 Å². The zero-order valence-electron chi connectivity index (χ0n) is 18.1. The summed E-state index contributed by atoms with van der Waals surface area (Å²) in [4.78, 5) is 14.1. The van der Waals surface area contributed by atoms with Crippen molar-refractivity contribution in [3.63, 3.8) is 0 Å². The molecule has 0 spiro atoms. The Labute approximate surface area is 193 Å². The van der Waals surface area contributed by atoms with Crippen molar-refractivity contribution in [1.82, 2.24) is 5.01 Å². The molecular formula is C30H24N2O. The molecule has 5 aromatic carbocycles. The van der Waals surface area contributed by atoms with E-state index in [-0.39, 0.29) is 5.91 Å². The summed E-state index contributed by atoms with van der Waals surface area (Å²) < 4.78 is 0. The Morgan fingerprint density at radius 1 is 0.545 bits per heavy atom. The third-order valence-corrected chi connectivity index (χ3v) is 6.17. The lowest BCUT2D eigenvalue weighted by molar-refractivity contribution is 0.0615. The molecule has 0 aliphatic carbocycles. The lowest BCUT2D eigenvalue weighted by atomic mass is 9.76. The fraction of sp³-hybridized carbons (Fsp3) is 0.0333. The van der Waals surface area contributed by atoms with Crippen molar-refractivity contribution < 1.29 is 4.79 Å². The van der Waals surface area contributed by atoms with E-state index in [2.05, 4.69) is 0 Å². The zero-order chi connectivity index (χ0) is 22.7. The van der Waals surface area contributed by atoms with Gasteiger partial charge in [0.1, 0.15) is 5.54 Å². The number of carbonyl (C=O) groups excluding carboxylic acids is 1. The van der Waals surface area contributed by atoms with E-state index in [1.54, 1.807) is 0 Å². The SMILES string of the molecule is NN(C(=O)c1cccc2ccccc12)C(c1ccccc1)(c1ccccc1)c1ccccc1. The normalized spacial score (nSPS) is 11.3. The number of carbonyl (C=O) groups is 1. The van der Waals surface area contributed by atoms with Crippen molar-refractivity contribution in [3.05, 3.63) is 156 Å². The van der Waals surface area contributed by atoms with E-state index < -0.39 is 5.54 Å². The first-order valence-corrected chi connectivity index (χ1v) is 11.0. The molecule has 1 amide bonds. The quantitative estimate of drug-likeness (QED) is 0.158. The van der Waals surface area contributed by atoms with Crippen LogP contribution < -0.4 is 5.84 Å². The highest BCUT2D eigenvalue weighted by Gasteiger charge is 2.44. The van der Waals surface area contributed by atoms with Crippen molar-refractivity contribution in [2.75, 3.05) is 0 Å². The predicted octanol–water partition coefficient (Wildman–Crippen LogP) is 6.15. The van der Waals surface area contributed by atoms with Crippen LogP contribution in [-0.2, 0) is 5.54 Å². The second-order valence-corrected chi connectivity index (χ2v) is 8.01. The highest BCUT2D eigenvalue weighted by Crippen LogP contribution is 2.41. The van der Waals surface area contributed by atoms with Crippen molar-refractivity contribution in [2.45, 2.75) is 5.54 Å². The maximum absolute atomic E-state index is 14.1. The Bertz CT molecular complexity index is 1280. The lowest BCUT2D eigenvalue weighted by Gasteiger charge is -2.43. The number of fused-ring (bicyclic) bond motifs is 1. The van der Waals surface area contributed by atoms with Gasteiger partial charge in [0.15, 0.2) is 0 Å². The fourth-order valence-electron chi connectivity index (χ4n) is 4.65. The second-order valence-electron chi connectivity index (χ2n) is 8.01. The van der Waals surface area contributed by atoms with Crippen LogP contribution in [0, 0.1) is 0 Å². The maximum Gasteiger partial charge on any atom is 0.269 e. The summed E-state index contributed by atoms with van der Waals surface area (Å²) in [5.74, 6) is 6.65. The van der Waals surface area contributed by atoms with Crippen LogP contribution in [0.25, 0.3) is 10.8 Å². The Morgan fingerprint density at radius 2 is 0.970 bits per heavy atom. The van der Waals surface area contributed by atoms with Crippen molar-refractivity contribution in [3.8, 4) is 0 Å². The highest BCUT2D eigenvalue weighted by molar-refractivity contribution is 6.07. The van der Waals surface area contributed by atoms with Gasteiger partial charge in [-0.25, -0.2) is 5.84 Å². The first-order chi connectivity index (χ1) is 16.2. The van der Waals surface area contributed by atoms with Gasteiger partial charge in [0.2, 0.25) is 0 Å². The molecular weight excluding hydrogens is 404 g/mol. The molecule has 0 radical (unpaired) electrons. The smallest absolute Gasteiger partial charge is 0.268 e. The molecule has 0 fully saturated rings. The fourth-order valence-corrected chi connectivity index (χ4v) is 4.65. The van der Waals surface area contributed by atoms with Crippen LogP contribution in [-0.4, -0.2) is 10.9 Å². The van der Waals surface area contributed by atoms with E-state index in [0.29, 0.717) is 5.56 Å². The molecule has 0 saturated carbocycles. The Morgan fingerprint density at radius 3 is 1.48 bits per heavy atom. The van der Waals surface area contributed by atoms with Crippen LogP contribution >= 0.6 is 0 Å². The first kappa shape index (κ1) is 20.7. The van der Waals surface area contributed by atoms with Gasteiger partial charge in [-0.1, -0.05) is 127 Å². The van der Waals surface area contributed by atoms with Crippen molar-refractivity contribution >= 4 is 16.7 Å².